The molecule has 0 aromatic carbocycles. The molecule has 0 radical (unpaired) electrons. The maximum Gasteiger partial charge on any atom is 0.353 e. The summed E-state index contributed by atoms with van der Waals surface area (Å²) in [6.07, 6.45) is -0.532. The number of carboxylic acids is 1. The molecule has 0 saturated carbocycles. The smallest absolute Gasteiger partial charge is 0.353 e. The fourth-order valence-electron chi connectivity index (χ4n) is 4.05. The van der Waals surface area contributed by atoms with Gasteiger partial charge in [-0.3, -0.25) is 14.4 Å². The molecule has 0 spiro atoms. The number of β-lactam (4-membered cyclic amide) rings is 1. The van der Waals surface area contributed by atoms with Gasteiger partial charge < -0.3 is 31.5 Å². The Bertz CT molecular complexity index is 895. The summed E-state index contributed by atoms with van der Waals surface area (Å²) >= 11 is 12.5. The molecule has 6 atom stereocenters. The Morgan fingerprint density at radius 3 is 2.50 bits per heavy atom. The Kier molecular flexibility index (Phi) is 10.5. The van der Waals surface area contributed by atoms with Gasteiger partial charge in [-0.05, 0) is 13.3 Å². The number of nitrogens with two attached hydrogens (primary N) is 1. The highest BCUT2D eigenvalue weighted by Crippen LogP contribution is 2.51. The van der Waals surface area contributed by atoms with E-state index in [9.17, 15) is 29.4 Å². The van der Waals surface area contributed by atoms with Crippen LogP contribution in [0.15, 0.2) is 10.6 Å². The second kappa shape index (κ2) is 12.6. The molecule has 2 aliphatic heterocycles. The summed E-state index contributed by atoms with van der Waals surface area (Å²) in [6, 6.07) is -0.610. The molecule has 0 aromatic rings. The second-order valence-electron chi connectivity index (χ2n) is 7.90. The first-order valence-corrected chi connectivity index (χ1v) is 12.6. The van der Waals surface area contributed by atoms with E-state index in [1.165, 1.54) is 23.6 Å². The van der Waals surface area contributed by atoms with E-state index in [1.54, 1.807) is 0 Å². The van der Waals surface area contributed by atoms with Crippen LogP contribution in [-0.2, 0) is 19.2 Å². The number of alkyl halides is 2. The number of aliphatic carboxylic acids is 1. The Labute approximate surface area is 211 Å². The van der Waals surface area contributed by atoms with E-state index < -0.39 is 59.8 Å². The predicted octanol–water partition coefficient (Wildman–Crippen LogP) is -0.437. The monoisotopic (exact) mass is 535 g/mol. The number of nitrogens with zero attached hydrogens (tertiary/aromatic N) is 2. The summed E-state index contributed by atoms with van der Waals surface area (Å²) in [6.45, 7) is 1.56. The molecule has 14 heteroatoms. The van der Waals surface area contributed by atoms with Gasteiger partial charge in [-0.2, -0.15) is 5.26 Å². The third-order valence-electron chi connectivity index (χ3n) is 5.65. The van der Waals surface area contributed by atoms with Crippen molar-refractivity contribution in [3.05, 3.63) is 10.6 Å². The normalized spacial score (nSPS) is 23.9. The molecule has 0 aromatic heterocycles. The average molecular weight is 536 g/mol. The molecular formula is C20H27Cl2N5O6S. The summed E-state index contributed by atoms with van der Waals surface area (Å²) in [7, 11) is 0. The molecule has 3 amide bonds. The number of carbonyl (C=O) groups is 4. The first-order chi connectivity index (χ1) is 16.1. The molecule has 11 nitrogen and oxygen atoms in total. The van der Waals surface area contributed by atoms with E-state index in [0.717, 1.165) is 0 Å². The quantitative estimate of drug-likeness (QED) is 0.118. The summed E-state index contributed by atoms with van der Waals surface area (Å²) in [5.74, 6) is -4.15. The molecule has 0 aliphatic carbocycles. The van der Waals surface area contributed by atoms with Gasteiger partial charge in [-0.1, -0.05) is 0 Å². The number of nitrogens with one attached hydrogen (secondary N) is 2. The van der Waals surface area contributed by atoms with Crippen molar-refractivity contribution in [2.75, 3.05) is 24.1 Å². The largest absolute Gasteiger partial charge is 0.477 e. The first-order valence-electron chi connectivity index (χ1n) is 10.5. The third-order valence-corrected chi connectivity index (χ3v) is 7.51. The predicted molar refractivity (Wildman–Crippen MR) is 126 cm³/mol. The van der Waals surface area contributed by atoms with Crippen molar-refractivity contribution in [1.82, 2.24) is 15.5 Å². The molecule has 0 unspecified atom stereocenters. The molecule has 6 N–H and O–H groups in total. The Morgan fingerprint density at radius 1 is 1.29 bits per heavy atom. The van der Waals surface area contributed by atoms with E-state index in [4.69, 9.17) is 34.2 Å². The van der Waals surface area contributed by atoms with Crippen molar-refractivity contribution in [1.29, 1.82) is 5.26 Å². The van der Waals surface area contributed by atoms with Gasteiger partial charge in [-0.25, -0.2) is 4.79 Å². The zero-order valence-electron chi connectivity index (χ0n) is 18.4. The van der Waals surface area contributed by atoms with Crippen molar-refractivity contribution < 1.29 is 29.4 Å². The Hall–Kier alpha value is -2.04. The summed E-state index contributed by atoms with van der Waals surface area (Å²) in [4.78, 5) is 50.6. The average Bonchev–Trinajstić information content (AvgIpc) is 3.06. The van der Waals surface area contributed by atoms with Crippen LogP contribution in [-0.4, -0.2) is 87.1 Å². The lowest BCUT2D eigenvalue weighted by atomic mass is 9.77. The van der Waals surface area contributed by atoms with Crippen molar-refractivity contribution in [3.63, 3.8) is 0 Å². The van der Waals surface area contributed by atoms with Crippen LogP contribution >= 0.6 is 35.0 Å². The maximum absolute atomic E-state index is 12.6. The van der Waals surface area contributed by atoms with Gasteiger partial charge in [0.2, 0.25) is 17.7 Å². The van der Waals surface area contributed by atoms with Crippen LogP contribution in [0, 0.1) is 23.2 Å². The number of carboxylic acid groups (broad SMARTS) is 1. The van der Waals surface area contributed by atoms with Gasteiger partial charge in [0, 0.05) is 35.4 Å². The fraction of sp³-hybridized carbons (Fsp3) is 0.650. The number of nitriles is 1. The van der Waals surface area contributed by atoms with Gasteiger partial charge in [-0.15, -0.1) is 35.0 Å². The van der Waals surface area contributed by atoms with Gasteiger partial charge >= 0.3 is 5.97 Å². The lowest BCUT2D eigenvalue weighted by Gasteiger charge is -2.47. The molecule has 1 fully saturated rings. The SMILES string of the molecule is C[C@@H](O)[C@H]1C(=O)N2C(C(=O)O)=C(SCCC#N)[C@H](CCNC(=O)[C@H](CCl)NC(=O)[C@@H](N)CCl)[C@H]12. The minimum atomic E-state index is -1.27. The van der Waals surface area contributed by atoms with E-state index in [1.807, 2.05) is 6.07 Å². The van der Waals surface area contributed by atoms with Gasteiger partial charge in [0.25, 0.3) is 0 Å². The van der Waals surface area contributed by atoms with Crippen LogP contribution < -0.4 is 16.4 Å². The molecule has 34 heavy (non-hydrogen) atoms. The Balaban J connectivity index is 2.14. The number of aliphatic hydroxyl groups excluding tert-OH is 1. The highest BCUT2D eigenvalue weighted by atomic mass is 35.5. The zero-order chi connectivity index (χ0) is 25.6. The minimum absolute atomic E-state index is 0.0919. The lowest BCUT2D eigenvalue weighted by molar-refractivity contribution is -0.163. The van der Waals surface area contributed by atoms with Crippen LogP contribution in [0.4, 0.5) is 0 Å². The highest BCUT2D eigenvalue weighted by molar-refractivity contribution is 8.03. The van der Waals surface area contributed by atoms with Gasteiger partial charge in [0.1, 0.15) is 11.7 Å². The first kappa shape index (κ1) is 28.2. The number of fused-ring (bicyclic) bond motifs is 1. The maximum atomic E-state index is 12.6. The lowest BCUT2D eigenvalue weighted by Crippen LogP contribution is -2.64. The number of hydrogen-bond acceptors (Lipinski definition) is 8. The van der Waals surface area contributed by atoms with Crippen LogP contribution in [0.2, 0.25) is 0 Å². The summed E-state index contributed by atoms with van der Waals surface area (Å²) in [5, 5.41) is 33.8. The molecule has 0 bridgehead atoms. The molecule has 1 saturated heterocycles. The molecular weight excluding hydrogens is 509 g/mol. The number of hydrogen-bond donors (Lipinski definition) is 5. The number of amides is 3. The van der Waals surface area contributed by atoms with E-state index >= 15 is 0 Å². The number of aliphatic hydroxyl groups is 1. The molecule has 188 valence electrons. The number of rotatable bonds is 13. The summed E-state index contributed by atoms with van der Waals surface area (Å²) < 4.78 is 0. The number of thioether (sulfide) groups is 1. The summed E-state index contributed by atoms with van der Waals surface area (Å²) in [5.41, 5.74) is 5.40. The third kappa shape index (κ3) is 5.95. The fourth-order valence-corrected chi connectivity index (χ4v) is 5.62. The highest BCUT2D eigenvalue weighted by Gasteiger charge is 2.60. The van der Waals surface area contributed by atoms with Gasteiger partial charge in [0.15, 0.2) is 0 Å². The van der Waals surface area contributed by atoms with Crippen molar-refractivity contribution in [3.8, 4) is 6.07 Å². The van der Waals surface area contributed by atoms with Crippen LogP contribution in [0.25, 0.3) is 0 Å². The number of carbonyl (C=O) groups excluding carboxylic acids is 3. The molecule has 2 heterocycles. The van der Waals surface area contributed by atoms with Crippen LogP contribution in [0.3, 0.4) is 0 Å². The Morgan fingerprint density at radius 2 is 1.97 bits per heavy atom. The van der Waals surface area contributed by atoms with Crippen molar-refractivity contribution in [2.45, 2.75) is 44.0 Å². The van der Waals surface area contributed by atoms with Gasteiger partial charge in [0.05, 0.1) is 36.1 Å². The van der Waals surface area contributed by atoms with Crippen molar-refractivity contribution >= 4 is 58.7 Å². The van der Waals surface area contributed by atoms with E-state index in [0.29, 0.717) is 10.7 Å². The van der Waals surface area contributed by atoms with Crippen LogP contribution in [0.1, 0.15) is 19.8 Å². The second-order valence-corrected chi connectivity index (χ2v) is 9.66. The van der Waals surface area contributed by atoms with E-state index in [2.05, 4.69) is 10.6 Å². The minimum Gasteiger partial charge on any atom is -0.477 e. The van der Waals surface area contributed by atoms with Crippen LogP contribution in [0.5, 0.6) is 0 Å². The van der Waals surface area contributed by atoms with E-state index in [-0.39, 0.29) is 36.8 Å². The zero-order valence-corrected chi connectivity index (χ0v) is 20.7. The topological polar surface area (TPSA) is 186 Å². The number of halogens is 2. The molecule has 2 aliphatic rings. The van der Waals surface area contributed by atoms with Crippen molar-refractivity contribution in [2.24, 2.45) is 17.6 Å². The standard InChI is InChI=1S/C20H27Cl2N5O6S/c1-9(28)13-14-10(3-5-25-18(30)12(8-22)26-17(29)11(24)7-21)16(34-6-2-4-23)15(20(32)33)27(14)19(13)31/h9-14,28H,2-3,5-8,24H2,1H3,(H,25,30)(H,26,29)(H,32,33)/t9-,10-,11+,12+,13-,14-/m1/s1. The molecule has 2 rings (SSSR count).